The average Bonchev–Trinajstić information content (AvgIpc) is 2.67. The van der Waals surface area contributed by atoms with Gasteiger partial charge < -0.3 is 4.74 Å². The predicted molar refractivity (Wildman–Crippen MR) is 58.9 cm³/mol. The van der Waals surface area contributed by atoms with Crippen molar-refractivity contribution in [3.63, 3.8) is 0 Å². The molecule has 5 heteroatoms. The summed E-state index contributed by atoms with van der Waals surface area (Å²) in [7, 11) is 0. The lowest BCUT2D eigenvalue weighted by molar-refractivity contribution is 0.258. The standard InChI is InChI=1S/C14H12F4O/c1-13(2)14(19-13)5-3-4-6(14)8-7(5)9(15)11(17)12(18)10(8)16/h5-6H,3-4H2,1-2H3/t5-,6-/m0/s1. The summed E-state index contributed by atoms with van der Waals surface area (Å²) in [6.45, 7) is 3.71. The fourth-order valence-electron chi connectivity index (χ4n) is 4.45. The van der Waals surface area contributed by atoms with Gasteiger partial charge in [0.2, 0.25) is 0 Å². The highest BCUT2D eigenvalue weighted by molar-refractivity contribution is 5.53. The van der Waals surface area contributed by atoms with Crippen LogP contribution in [0.25, 0.3) is 0 Å². The molecule has 3 aliphatic rings. The third-order valence-corrected chi connectivity index (χ3v) is 5.14. The number of benzene rings is 1. The Morgan fingerprint density at radius 1 is 0.842 bits per heavy atom. The first-order valence-corrected chi connectivity index (χ1v) is 6.39. The molecule has 2 fully saturated rings. The van der Waals surface area contributed by atoms with Gasteiger partial charge in [-0.1, -0.05) is 0 Å². The number of epoxide rings is 1. The summed E-state index contributed by atoms with van der Waals surface area (Å²) in [5.41, 5.74) is -1.17. The largest absolute Gasteiger partial charge is 0.362 e. The summed E-state index contributed by atoms with van der Waals surface area (Å²) in [6, 6.07) is 0. The predicted octanol–water partition coefficient (Wildman–Crippen LogP) is 3.77. The SMILES string of the molecule is CC1(C)OC12[C@H]1CC[C@H]2c2c(F)c(F)c(F)c(F)c21. The van der Waals surface area contributed by atoms with E-state index in [0.717, 1.165) is 0 Å². The van der Waals surface area contributed by atoms with E-state index in [2.05, 4.69) is 0 Å². The molecule has 0 amide bonds. The molecule has 2 aliphatic carbocycles. The highest BCUT2D eigenvalue weighted by Crippen LogP contribution is 2.74. The van der Waals surface area contributed by atoms with Crippen LogP contribution in [0.1, 0.15) is 49.7 Å². The van der Waals surface area contributed by atoms with E-state index in [0.29, 0.717) is 12.8 Å². The van der Waals surface area contributed by atoms with Crippen molar-refractivity contribution in [2.75, 3.05) is 0 Å². The van der Waals surface area contributed by atoms with Gasteiger partial charge in [0.1, 0.15) is 5.60 Å². The molecule has 0 unspecified atom stereocenters. The molecule has 1 saturated heterocycles. The molecule has 1 aliphatic heterocycles. The molecule has 2 bridgehead atoms. The van der Waals surface area contributed by atoms with Crippen LogP contribution in [-0.4, -0.2) is 11.2 Å². The van der Waals surface area contributed by atoms with Crippen molar-refractivity contribution in [2.45, 2.75) is 49.7 Å². The minimum atomic E-state index is -1.71. The topological polar surface area (TPSA) is 12.5 Å². The molecule has 4 rings (SSSR count). The number of hydrogen-bond donors (Lipinski definition) is 0. The first kappa shape index (κ1) is 11.7. The monoisotopic (exact) mass is 272 g/mol. The maximum absolute atomic E-state index is 14.0. The van der Waals surface area contributed by atoms with Gasteiger partial charge in [-0.25, -0.2) is 17.6 Å². The zero-order valence-corrected chi connectivity index (χ0v) is 10.5. The lowest BCUT2D eigenvalue weighted by atomic mass is 9.84. The van der Waals surface area contributed by atoms with Crippen molar-refractivity contribution in [3.8, 4) is 0 Å². The number of ether oxygens (including phenoxy) is 1. The highest BCUT2D eigenvalue weighted by Gasteiger charge is 2.78. The third kappa shape index (κ3) is 1.01. The van der Waals surface area contributed by atoms with E-state index < -0.39 is 34.5 Å². The van der Waals surface area contributed by atoms with Crippen molar-refractivity contribution in [2.24, 2.45) is 0 Å². The zero-order valence-electron chi connectivity index (χ0n) is 10.5. The van der Waals surface area contributed by atoms with Gasteiger partial charge in [-0.15, -0.1) is 0 Å². The Labute approximate surface area is 107 Å². The lowest BCUT2D eigenvalue weighted by Crippen LogP contribution is -2.24. The maximum Gasteiger partial charge on any atom is 0.197 e. The van der Waals surface area contributed by atoms with Crippen LogP contribution in [0.2, 0.25) is 0 Å². The van der Waals surface area contributed by atoms with Gasteiger partial charge in [0.05, 0.1) is 5.60 Å². The number of hydrogen-bond acceptors (Lipinski definition) is 1. The van der Waals surface area contributed by atoms with Gasteiger partial charge in [-0.05, 0) is 26.7 Å². The summed E-state index contributed by atoms with van der Waals surface area (Å²) in [6.07, 6.45) is 1.26. The summed E-state index contributed by atoms with van der Waals surface area (Å²) in [4.78, 5) is 0. The molecule has 0 radical (unpaired) electrons. The van der Waals surface area contributed by atoms with Crippen molar-refractivity contribution < 1.29 is 22.3 Å². The Hall–Kier alpha value is -1.10. The van der Waals surface area contributed by atoms with Gasteiger partial charge in [-0.3, -0.25) is 0 Å². The Morgan fingerprint density at radius 2 is 1.21 bits per heavy atom. The molecule has 1 aromatic rings. The molecule has 102 valence electrons. The van der Waals surface area contributed by atoms with Crippen LogP contribution in [0, 0.1) is 23.3 Å². The first-order chi connectivity index (χ1) is 8.83. The molecule has 1 nitrogen and oxygen atoms in total. The average molecular weight is 272 g/mol. The van der Waals surface area contributed by atoms with Crippen LogP contribution in [0.5, 0.6) is 0 Å². The number of fused-ring (bicyclic) bond motifs is 3. The second-order valence-corrected chi connectivity index (χ2v) is 6.17. The van der Waals surface area contributed by atoms with Gasteiger partial charge in [0.25, 0.3) is 0 Å². The van der Waals surface area contributed by atoms with Crippen molar-refractivity contribution in [3.05, 3.63) is 34.4 Å². The molecular formula is C14H12F4O. The van der Waals surface area contributed by atoms with E-state index in [1.54, 1.807) is 0 Å². The van der Waals surface area contributed by atoms with Crippen LogP contribution in [0.3, 0.4) is 0 Å². The quantitative estimate of drug-likeness (QED) is 0.303. The Morgan fingerprint density at radius 3 is 1.53 bits per heavy atom. The number of halogens is 4. The first-order valence-electron chi connectivity index (χ1n) is 6.39. The molecule has 19 heavy (non-hydrogen) atoms. The Balaban J connectivity index is 2.02. The van der Waals surface area contributed by atoms with E-state index >= 15 is 0 Å². The highest BCUT2D eigenvalue weighted by atomic mass is 19.2. The summed E-state index contributed by atoms with van der Waals surface area (Å²) in [5, 5.41) is 0. The fourth-order valence-corrected chi connectivity index (χ4v) is 4.45. The van der Waals surface area contributed by atoms with E-state index in [-0.39, 0.29) is 23.0 Å². The van der Waals surface area contributed by atoms with Gasteiger partial charge in [0.15, 0.2) is 23.3 Å². The van der Waals surface area contributed by atoms with Crippen LogP contribution in [0.15, 0.2) is 0 Å². The Kier molecular flexibility index (Phi) is 1.83. The van der Waals surface area contributed by atoms with Crippen molar-refractivity contribution >= 4 is 0 Å². The minimum Gasteiger partial charge on any atom is -0.362 e. The van der Waals surface area contributed by atoms with Crippen molar-refractivity contribution in [1.82, 2.24) is 0 Å². The summed E-state index contributed by atoms with van der Waals surface area (Å²) < 4.78 is 60.5. The second-order valence-electron chi connectivity index (χ2n) is 6.17. The molecule has 1 spiro atoms. The third-order valence-electron chi connectivity index (χ3n) is 5.14. The molecule has 0 aromatic heterocycles. The molecule has 0 N–H and O–H groups in total. The van der Waals surface area contributed by atoms with E-state index in [1.807, 2.05) is 13.8 Å². The molecule has 1 heterocycles. The molecule has 1 saturated carbocycles. The molecule has 2 atom stereocenters. The van der Waals surface area contributed by atoms with Gasteiger partial charge in [-0.2, -0.15) is 0 Å². The smallest absolute Gasteiger partial charge is 0.197 e. The van der Waals surface area contributed by atoms with Crippen LogP contribution >= 0.6 is 0 Å². The lowest BCUT2D eigenvalue weighted by Gasteiger charge is -2.16. The fraction of sp³-hybridized carbons (Fsp3) is 0.571. The summed E-state index contributed by atoms with van der Waals surface area (Å²) >= 11 is 0. The van der Waals surface area contributed by atoms with Gasteiger partial charge in [0, 0.05) is 23.0 Å². The van der Waals surface area contributed by atoms with Crippen molar-refractivity contribution in [1.29, 1.82) is 0 Å². The molecule has 1 aromatic carbocycles. The van der Waals surface area contributed by atoms with Gasteiger partial charge >= 0.3 is 0 Å². The zero-order chi connectivity index (χ0) is 13.7. The second kappa shape index (κ2) is 2.97. The number of rotatable bonds is 0. The minimum absolute atomic E-state index is 0.00164. The molecular weight excluding hydrogens is 260 g/mol. The Bertz CT molecular complexity index is 580. The van der Waals surface area contributed by atoms with E-state index in [9.17, 15) is 17.6 Å². The van der Waals surface area contributed by atoms with Crippen LogP contribution in [0.4, 0.5) is 17.6 Å². The van der Waals surface area contributed by atoms with E-state index in [1.165, 1.54) is 0 Å². The summed E-state index contributed by atoms with van der Waals surface area (Å²) in [5.74, 6) is -6.65. The van der Waals surface area contributed by atoms with Crippen LogP contribution < -0.4 is 0 Å². The normalized spacial score (nSPS) is 36.9. The van der Waals surface area contributed by atoms with Crippen LogP contribution in [-0.2, 0) is 4.74 Å². The van der Waals surface area contributed by atoms with E-state index in [4.69, 9.17) is 4.74 Å². The maximum atomic E-state index is 14.0.